The standard InChI is InChI=1S/C18H20Cl2N2O3S/c1-11-5-7-15(9-12(11)2)21-18(23)13(3)22(26(4,24)25)17-10-14(19)6-8-16(17)20/h5-10,13H,1-4H3,(H,21,23). The van der Waals surface area contributed by atoms with Crippen LogP contribution in [0.15, 0.2) is 36.4 Å². The zero-order valence-electron chi connectivity index (χ0n) is 14.9. The van der Waals surface area contributed by atoms with Crippen molar-refractivity contribution in [1.82, 2.24) is 0 Å². The molecule has 0 aliphatic carbocycles. The van der Waals surface area contributed by atoms with Crippen molar-refractivity contribution in [3.05, 3.63) is 57.6 Å². The summed E-state index contributed by atoms with van der Waals surface area (Å²) < 4.78 is 25.6. The molecular weight excluding hydrogens is 395 g/mol. The minimum Gasteiger partial charge on any atom is -0.324 e. The SMILES string of the molecule is Cc1ccc(NC(=O)C(C)N(c2cc(Cl)ccc2Cl)S(C)(=O)=O)cc1C. The number of nitrogens with zero attached hydrogens (tertiary/aromatic N) is 1. The third-order valence-electron chi connectivity index (χ3n) is 4.01. The van der Waals surface area contributed by atoms with Crippen molar-refractivity contribution in [1.29, 1.82) is 0 Å². The second kappa shape index (κ2) is 7.86. The van der Waals surface area contributed by atoms with Gasteiger partial charge in [-0.15, -0.1) is 0 Å². The van der Waals surface area contributed by atoms with E-state index >= 15 is 0 Å². The Hall–Kier alpha value is -1.76. The van der Waals surface area contributed by atoms with Gasteiger partial charge in [0.05, 0.1) is 17.0 Å². The van der Waals surface area contributed by atoms with Crippen LogP contribution in [0.2, 0.25) is 10.0 Å². The average molecular weight is 415 g/mol. The number of sulfonamides is 1. The highest BCUT2D eigenvalue weighted by Gasteiger charge is 2.30. The number of aryl methyl sites for hydroxylation is 2. The molecule has 0 aromatic heterocycles. The summed E-state index contributed by atoms with van der Waals surface area (Å²) in [6.45, 7) is 5.40. The Morgan fingerprint density at radius 1 is 1.08 bits per heavy atom. The number of nitrogens with one attached hydrogen (secondary N) is 1. The number of rotatable bonds is 5. The molecule has 0 aliphatic rings. The predicted molar refractivity (Wildman–Crippen MR) is 108 cm³/mol. The van der Waals surface area contributed by atoms with E-state index in [0.29, 0.717) is 10.7 Å². The second-order valence-electron chi connectivity index (χ2n) is 6.12. The van der Waals surface area contributed by atoms with E-state index in [9.17, 15) is 13.2 Å². The molecular formula is C18H20Cl2N2O3S. The van der Waals surface area contributed by atoms with Gasteiger partial charge in [0, 0.05) is 10.7 Å². The van der Waals surface area contributed by atoms with Crippen LogP contribution in [0.3, 0.4) is 0 Å². The highest BCUT2D eigenvalue weighted by atomic mass is 35.5. The van der Waals surface area contributed by atoms with Crippen LogP contribution < -0.4 is 9.62 Å². The van der Waals surface area contributed by atoms with Crippen molar-refractivity contribution in [2.45, 2.75) is 26.8 Å². The van der Waals surface area contributed by atoms with Gasteiger partial charge < -0.3 is 5.32 Å². The lowest BCUT2D eigenvalue weighted by Crippen LogP contribution is -2.45. The molecule has 0 spiro atoms. The molecule has 1 atom stereocenters. The first-order valence-corrected chi connectivity index (χ1v) is 10.4. The fourth-order valence-corrected chi connectivity index (χ4v) is 4.11. The summed E-state index contributed by atoms with van der Waals surface area (Å²) in [4.78, 5) is 12.7. The summed E-state index contributed by atoms with van der Waals surface area (Å²) in [7, 11) is -3.78. The van der Waals surface area contributed by atoms with E-state index in [0.717, 1.165) is 21.7 Å². The molecule has 2 aromatic carbocycles. The van der Waals surface area contributed by atoms with Gasteiger partial charge in [-0.25, -0.2) is 8.42 Å². The Bertz CT molecular complexity index is 945. The van der Waals surface area contributed by atoms with Crippen LogP contribution in [0, 0.1) is 13.8 Å². The summed E-state index contributed by atoms with van der Waals surface area (Å²) in [5.74, 6) is -0.477. The van der Waals surface area contributed by atoms with Crippen LogP contribution in [-0.2, 0) is 14.8 Å². The highest BCUT2D eigenvalue weighted by molar-refractivity contribution is 7.92. The van der Waals surface area contributed by atoms with E-state index in [4.69, 9.17) is 23.2 Å². The van der Waals surface area contributed by atoms with Crippen LogP contribution in [-0.4, -0.2) is 26.6 Å². The summed E-state index contributed by atoms with van der Waals surface area (Å²) >= 11 is 12.1. The number of hydrogen-bond donors (Lipinski definition) is 1. The molecule has 2 aromatic rings. The average Bonchev–Trinajstić information content (AvgIpc) is 2.53. The van der Waals surface area contributed by atoms with Crippen molar-refractivity contribution in [3.63, 3.8) is 0 Å². The van der Waals surface area contributed by atoms with E-state index in [1.165, 1.54) is 19.1 Å². The Morgan fingerprint density at radius 3 is 2.31 bits per heavy atom. The van der Waals surface area contributed by atoms with Crippen LogP contribution >= 0.6 is 23.2 Å². The number of carbonyl (C=O) groups excluding carboxylic acids is 1. The maximum absolute atomic E-state index is 12.7. The van der Waals surface area contributed by atoms with Gasteiger partial charge in [0.2, 0.25) is 15.9 Å². The molecule has 1 N–H and O–H groups in total. The van der Waals surface area contributed by atoms with Gasteiger partial charge >= 0.3 is 0 Å². The summed E-state index contributed by atoms with van der Waals surface area (Å²) in [6.07, 6.45) is 1.02. The minimum atomic E-state index is -3.78. The van der Waals surface area contributed by atoms with Crippen molar-refractivity contribution >= 4 is 50.5 Å². The third-order valence-corrected chi connectivity index (χ3v) is 5.79. The first-order valence-electron chi connectivity index (χ1n) is 7.83. The number of benzene rings is 2. The van der Waals surface area contributed by atoms with Crippen LogP contribution in [0.1, 0.15) is 18.1 Å². The normalized spacial score (nSPS) is 12.5. The van der Waals surface area contributed by atoms with E-state index < -0.39 is 22.0 Å². The maximum Gasteiger partial charge on any atom is 0.247 e. The number of anilines is 2. The fourth-order valence-electron chi connectivity index (χ4n) is 2.50. The van der Waals surface area contributed by atoms with Gasteiger partial charge in [0.25, 0.3) is 0 Å². The van der Waals surface area contributed by atoms with E-state index in [1.54, 1.807) is 12.1 Å². The molecule has 0 heterocycles. The highest BCUT2D eigenvalue weighted by Crippen LogP contribution is 2.32. The van der Waals surface area contributed by atoms with Crippen LogP contribution in [0.25, 0.3) is 0 Å². The number of halogens is 2. The van der Waals surface area contributed by atoms with Gasteiger partial charge in [0.15, 0.2) is 0 Å². The van der Waals surface area contributed by atoms with Crippen LogP contribution in [0.5, 0.6) is 0 Å². The fraction of sp³-hybridized carbons (Fsp3) is 0.278. The summed E-state index contributed by atoms with van der Waals surface area (Å²) in [6, 6.07) is 8.92. The van der Waals surface area contributed by atoms with Crippen molar-refractivity contribution in [2.75, 3.05) is 15.9 Å². The first-order chi connectivity index (χ1) is 12.0. The predicted octanol–water partition coefficient (Wildman–Crippen LogP) is 4.40. The Labute approximate surface area is 164 Å². The van der Waals surface area contributed by atoms with Crippen molar-refractivity contribution in [3.8, 4) is 0 Å². The van der Waals surface area contributed by atoms with Gasteiger partial charge in [-0.1, -0.05) is 29.3 Å². The van der Waals surface area contributed by atoms with Crippen molar-refractivity contribution in [2.24, 2.45) is 0 Å². The van der Waals surface area contributed by atoms with Gasteiger partial charge in [-0.3, -0.25) is 9.10 Å². The molecule has 0 aliphatic heterocycles. The summed E-state index contributed by atoms with van der Waals surface area (Å²) in [5, 5.41) is 3.25. The quantitative estimate of drug-likeness (QED) is 0.787. The first kappa shape index (κ1) is 20.6. The molecule has 0 fully saturated rings. The minimum absolute atomic E-state index is 0.157. The van der Waals surface area contributed by atoms with E-state index in [1.807, 2.05) is 26.0 Å². The van der Waals surface area contributed by atoms with E-state index in [-0.39, 0.29) is 10.7 Å². The van der Waals surface area contributed by atoms with E-state index in [2.05, 4.69) is 5.32 Å². The Balaban J connectivity index is 2.37. The monoisotopic (exact) mass is 414 g/mol. The molecule has 5 nitrogen and oxygen atoms in total. The second-order valence-corrected chi connectivity index (χ2v) is 8.82. The van der Waals surface area contributed by atoms with Crippen molar-refractivity contribution < 1.29 is 13.2 Å². The molecule has 2 rings (SSSR count). The van der Waals surface area contributed by atoms with Crippen LogP contribution in [0.4, 0.5) is 11.4 Å². The Kier molecular flexibility index (Phi) is 6.21. The number of amides is 1. The molecule has 0 saturated heterocycles. The summed E-state index contributed by atoms with van der Waals surface area (Å²) in [5.41, 5.74) is 2.87. The smallest absolute Gasteiger partial charge is 0.247 e. The maximum atomic E-state index is 12.7. The zero-order valence-corrected chi connectivity index (χ0v) is 17.2. The molecule has 0 bridgehead atoms. The third kappa shape index (κ3) is 4.69. The molecule has 0 saturated carbocycles. The largest absolute Gasteiger partial charge is 0.324 e. The lowest BCUT2D eigenvalue weighted by Gasteiger charge is -2.29. The lowest BCUT2D eigenvalue weighted by atomic mass is 10.1. The lowest BCUT2D eigenvalue weighted by molar-refractivity contribution is -0.116. The molecule has 0 radical (unpaired) electrons. The molecule has 140 valence electrons. The molecule has 1 amide bonds. The van der Waals surface area contributed by atoms with Gasteiger partial charge in [0.1, 0.15) is 6.04 Å². The van der Waals surface area contributed by atoms with Gasteiger partial charge in [-0.05, 0) is 62.2 Å². The zero-order chi connectivity index (χ0) is 19.6. The molecule has 8 heteroatoms. The topological polar surface area (TPSA) is 66.5 Å². The van der Waals surface area contributed by atoms with Gasteiger partial charge in [-0.2, -0.15) is 0 Å². The Morgan fingerprint density at radius 2 is 1.73 bits per heavy atom. The number of hydrogen-bond acceptors (Lipinski definition) is 3. The molecule has 1 unspecified atom stereocenters. The number of carbonyl (C=O) groups is 1. The molecule has 26 heavy (non-hydrogen) atoms.